The van der Waals surface area contributed by atoms with E-state index in [-0.39, 0.29) is 41.3 Å². The van der Waals surface area contributed by atoms with Gasteiger partial charge in [0.1, 0.15) is 17.8 Å². The van der Waals surface area contributed by atoms with Crippen molar-refractivity contribution in [1.82, 2.24) is 24.9 Å². The molecule has 0 aliphatic carbocycles. The van der Waals surface area contributed by atoms with Crippen LogP contribution in [0.4, 0.5) is 26.3 Å². The molecule has 1 N–H and O–H groups in total. The third-order valence-electron chi connectivity index (χ3n) is 4.58. The predicted octanol–water partition coefficient (Wildman–Crippen LogP) is 3.46. The fourth-order valence-electron chi connectivity index (χ4n) is 3.20. The number of hydrogen-bond donors (Lipinski definition) is 1. The van der Waals surface area contributed by atoms with Crippen molar-refractivity contribution in [2.75, 3.05) is 13.1 Å². The molecule has 0 bridgehead atoms. The van der Waals surface area contributed by atoms with Crippen LogP contribution >= 0.6 is 0 Å². The van der Waals surface area contributed by atoms with Crippen molar-refractivity contribution in [3.8, 4) is 0 Å². The van der Waals surface area contributed by atoms with Gasteiger partial charge in [0.2, 0.25) is 0 Å². The summed E-state index contributed by atoms with van der Waals surface area (Å²) < 4.78 is 80.2. The number of aromatic nitrogens is 4. The van der Waals surface area contributed by atoms with Gasteiger partial charge in [0.15, 0.2) is 5.78 Å². The number of nitrogens with one attached hydrogen (secondary N) is 1. The standard InChI is InChI=1S/C18H11F6N5O/c19-12-2-1-8(3-11(12)18(22,23)24)15(30)10-6-25-5-9(10)14-4-13(16(20)21)28-17-26-7-27-29(14)17/h1-4,7,16,25H,5-6H2. The predicted molar refractivity (Wildman–Crippen MR) is 91.3 cm³/mol. The van der Waals surface area contributed by atoms with Crippen molar-refractivity contribution in [1.29, 1.82) is 0 Å². The Morgan fingerprint density at radius 2 is 1.93 bits per heavy atom. The molecule has 4 rings (SSSR count). The molecule has 12 heteroatoms. The van der Waals surface area contributed by atoms with Crippen LogP contribution in [0, 0.1) is 5.82 Å². The summed E-state index contributed by atoms with van der Waals surface area (Å²) in [6, 6.07) is 2.99. The summed E-state index contributed by atoms with van der Waals surface area (Å²) in [5.74, 6) is -2.41. The molecule has 3 aromatic rings. The van der Waals surface area contributed by atoms with Crippen LogP contribution in [-0.4, -0.2) is 38.5 Å². The number of ketones is 1. The number of halogens is 6. The second kappa shape index (κ2) is 7.20. The third-order valence-corrected chi connectivity index (χ3v) is 4.58. The van der Waals surface area contributed by atoms with Crippen LogP contribution in [0.5, 0.6) is 0 Å². The summed E-state index contributed by atoms with van der Waals surface area (Å²) in [4.78, 5) is 20.4. The molecule has 0 amide bonds. The smallest absolute Gasteiger partial charge is 0.308 e. The fraction of sp³-hybridized carbons (Fsp3) is 0.222. The third kappa shape index (κ3) is 3.43. The summed E-state index contributed by atoms with van der Waals surface area (Å²) >= 11 is 0. The molecule has 1 aliphatic heterocycles. The van der Waals surface area contributed by atoms with Gasteiger partial charge in [0.05, 0.1) is 11.3 Å². The zero-order valence-corrected chi connectivity index (χ0v) is 14.8. The highest BCUT2D eigenvalue weighted by molar-refractivity contribution is 6.14. The lowest BCUT2D eigenvalue weighted by Gasteiger charge is -2.12. The topological polar surface area (TPSA) is 72.2 Å². The van der Waals surface area contributed by atoms with Crippen LogP contribution in [0.3, 0.4) is 0 Å². The van der Waals surface area contributed by atoms with Gasteiger partial charge in [-0.2, -0.15) is 27.8 Å². The van der Waals surface area contributed by atoms with E-state index >= 15 is 0 Å². The Labute approximate surface area is 164 Å². The van der Waals surface area contributed by atoms with Gasteiger partial charge < -0.3 is 5.32 Å². The van der Waals surface area contributed by atoms with E-state index in [0.717, 1.165) is 23.0 Å². The molecular formula is C18H11F6N5O. The minimum atomic E-state index is -4.98. The Kier molecular flexibility index (Phi) is 4.80. The van der Waals surface area contributed by atoms with Gasteiger partial charge in [-0.1, -0.05) is 0 Å². The van der Waals surface area contributed by atoms with Crippen molar-refractivity contribution in [3.05, 3.63) is 64.5 Å². The van der Waals surface area contributed by atoms with Crippen LogP contribution in [-0.2, 0) is 6.18 Å². The zero-order valence-electron chi connectivity index (χ0n) is 14.8. The molecule has 3 heterocycles. The number of Topliss-reactive ketones (excluding diaryl/α,β-unsaturated/α-hetero) is 1. The molecular weight excluding hydrogens is 416 g/mol. The molecule has 0 saturated heterocycles. The number of fused-ring (bicyclic) bond motifs is 1. The van der Waals surface area contributed by atoms with Gasteiger partial charge in [-0.3, -0.25) is 4.79 Å². The SMILES string of the molecule is O=C(C1=C(c2cc(C(F)F)nc3ncnn23)CNC1)c1ccc(F)c(C(F)(F)F)c1. The Balaban J connectivity index is 1.85. The number of nitrogens with zero attached hydrogens (tertiary/aromatic N) is 4. The van der Waals surface area contributed by atoms with Gasteiger partial charge in [-0.25, -0.2) is 18.2 Å². The van der Waals surface area contributed by atoms with E-state index in [1.807, 2.05) is 0 Å². The lowest BCUT2D eigenvalue weighted by Crippen LogP contribution is -2.14. The van der Waals surface area contributed by atoms with Gasteiger partial charge >= 0.3 is 6.18 Å². The molecule has 0 radical (unpaired) electrons. The fourth-order valence-corrected chi connectivity index (χ4v) is 3.20. The average Bonchev–Trinajstić information content (AvgIpc) is 3.35. The van der Waals surface area contributed by atoms with Crippen LogP contribution < -0.4 is 5.32 Å². The van der Waals surface area contributed by atoms with Crippen molar-refractivity contribution < 1.29 is 31.1 Å². The molecule has 0 unspecified atom stereocenters. The minimum absolute atomic E-state index is 0.0184. The second-order valence-electron chi connectivity index (χ2n) is 6.42. The Bertz CT molecular complexity index is 1180. The summed E-state index contributed by atoms with van der Waals surface area (Å²) in [5.41, 5.74) is -2.10. The summed E-state index contributed by atoms with van der Waals surface area (Å²) in [6.45, 7) is 0.0610. The van der Waals surface area contributed by atoms with Crippen molar-refractivity contribution in [3.63, 3.8) is 0 Å². The molecule has 156 valence electrons. The van der Waals surface area contributed by atoms with Crippen LogP contribution in [0.15, 0.2) is 36.2 Å². The van der Waals surface area contributed by atoms with Crippen molar-refractivity contribution >= 4 is 17.1 Å². The average molecular weight is 427 g/mol. The normalized spacial score (nSPS) is 14.9. The highest BCUT2D eigenvalue weighted by Crippen LogP contribution is 2.33. The Morgan fingerprint density at radius 3 is 2.63 bits per heavy atom. The molecule has 0 fully saturated rings. The van der Waals surface area contributed by atoms with Crippen LogP contribution in [0.2, 0.25) is 0 Å². The van der Waals surface area contributed by atoms with E-state index in [4.69, 9.17) is 0 Å². The molecule has 1 aliphatic rings. The van der Waals surface area contributed by atoms with Crippen LogP contribution in [0.1, 0.15) is 33.7 Å². The zero-order chi connectivity index (χ0) is 21.6. The van der Waals surface area contributed by atoms with Gasteiger partial charge in [0, 0.05) is 29.8 Å². The first-order valence-electron chi connectivity index (χ1n) is 8.50. The first-order valence-corrected chi connectivity index (χ1v) is 8.50. The largest absolute Gasteiger partial charge is 0.419 e. The lowest BCUT2D eigenvalue weighted by molar-refractivity contribution is -0.140. The second-order valence-corrected chi connectivity index (χ2v) is 6.42. The number of benzene rings is 1. The molecule has 0 atom stereocenters. The quantitative estimate of drug-likeness (QED) is 0.510. The van der Waals surface area contributed by atoms with Gasteiger partial charge in [-0.05, 0) is 24.3 Å². The van der Waals surface area contributed by atoms with Gasteiger partial charge in [-0.15, -0.1) is 0 Å². The van der Waals surface area contributed by atoms with E-state index < -0.39 is 35.5 Å². The molecule has 30 heavy (non-hydrogen) atoms. The number of hydrogen-bond acceptors (Lipinski definition) is 5. The summed E-state index contributed by atoms with van der Waals surface area (Å²) in [6.07, 6.45) is -6.79. The first kappa shape index (κ1) is 20.0. The number of carbonyl (C=O) groups excluding carboxylic acids is 1. The maximum absolute atomic E-state index is 13.6. The van der Waals surface area contributed by atoms with Crippen molar-refractivity contribution in [2.24, 2.45) is 0 Å². The maximum Gasteiger partial charge on any atom is 0.419 e. The van der Waals surface area contributed by atoms with E-state index in [0.29, 0.717) is 12.1 Å². The van der Waals surface area contributed by atoms with Crippen molar-refractivity contribution in [2.45, 2.75) is 12.6 Å². The molecule has 1 aromatic carbocycles. The molecule has 0 spiro atoms. The molecule has 6 nitrogen and oxygen atoms in total. The van der Waals surface area contributed by atoms with E-state index in [1.54, 1.807) is 0 Å². The Hall–Kier alpha value is -3.28. The van der Waals surface area contributed by atoms with Crippen LogP contribution in [0.25, 0.3) is 11.4 Å². The number of alkyl halides is 5. The summed E-state index contributed by atoms with van der Waals surface area (Å²) in [5, 5.41) is 6.79. The Morgan fingerprint density at radius 1 is 1.17 bits per heavy atom. The first-order chi connectivity index (χ1) is 14.2. The van der Waals surface area contributed by atoms with E-state index in [9.17, 15) is 31.1 Å². The summed E-state index contributed by atoms with van der Waals surface area (Å²) in [7, 11) is 0. The molecule has 2 aromatic heterocycles. The highest BCUT2D eigenvalue weighted by Gasteiger charge is 2.35. The number of carbonyl (C=O) groups is 1. The highest BCUT2D eigenvalue weighted by atomic mass is 19.4. The number of rotatable bonds is 4. The lowest BCUT2D eigenvalue weighted by atomic mass is 9.97. The van der Waals surface area contributed by atoms with E-state index in [2.05, 4.69) is 20.4 Å². The van der Waals surface area contributed by atoms with Gasteiger partial charge in [0.25, 0.3) is 12.2 Å². The minimum Gasteiger partial charge on any atom is -0.308 e. The van der Waals surface area contributed by atoms with E-state index in [1.165, 1.54) is 0 Å². The maximum atomic E-state index is 13.6. The molecule has 0 saturated carbocycles. The monoisotopic (exact) mass is 427 g/mol.